The summed E-state index contributed by atoms with van der Waals surface area (Å²) in [6.45, 7) is 8.25. The van der Waals surface area contributed by atoms with E-state index in [0.717, 1.165) is 36.2 Å². The highest BCUT2D eigenvalue weighted by Gasteiger charge is 2.14. The first-order valence-corrected chi connectivity index (χ1v) is 6.89. The maximum absolute atomic E-state index is 10.2. The topological polar surface area (TPSA) is 38.0 Å². The number of unbranched alkanes of at least 4 members (excludes halogenated alkanes) is 1. The lowest BCUT2D eigenvalue weighted by Gasteiger charge is -2.06. The summed E-state index contributed by atoms with van der Waals surface area (Å²) in [5.41, 5.74) is 5.27. The van der Waals surface area contributed by atoms with Crippen LogP contribution in [0.1, 0.15) is 42.1 Å². The molecule has 0 aliphatic heterocycles. The van der Waals surface area contributed by atoms with Crippen molar-refractivity contribution in [3.63, 3.8) is 0 Å². The SMILES string of the molecule is CCCCc1nn(-c2ccc(C)c(C)c2)c(O)c1C. The first-order valence-electron chi connectivity index (χ1n) is 6.89. The van der Waals surface area contributed by atoms with E-state index in [1.807, 2.05) is 13.0 Å². The molecule has 1 N–H and O–H groups in total. The van der Waals surface area contributed by atoms with E-state index in [2.05, 4.69) is 38.0 Å². The highest BCUT2D eigenvalue weighted by molar-refractivity contribution is 5.44. The van der Waals surface area contributed by atoms with Crippen molar-refractivity contribution in [2.75, 3.05) is 0 Å². The monoisotopic (exact) mass is 258 g/mol. The number of hydrogen-bond donors (Lipinski definition) is 1. The van der Waals surface area contributed by atoms with E-state index in [1.165, 1.54) is 11.1 Å². The highest BCUT2D eigenvalue weighted by atomic mass is 16.3. The van der Waals surface area contributed by atoms with Gasteiger partial charge in [-0.1, -0.05) is 19.4 Å². The molecular weight excluding hydrogens is 236 g/mol. The second-order valence-electron chi connectivity index (χ2n) is 5.18. The van der Waals surface area contributed by atoms with Gasteiger partial charge in [0.1, 0.15) is 0 Å². The lowest BCUT2D eigenvalue weighted by molar-refractivity contribution is 0.430. The van der Waals surface area contributed by atoms with Crippen molar-refractivity contribution in [3.8, 4) is 11.6 Å². The summed E-state index contributed by atoms with van der Waals surface area (Å²) >= 11 is 0. The first kappa shape index (κ1) is 13.7. The molecule has 0 aliphatic carbocycles. The lowest BCUT2D eigenvalue weighted by atomic mass is 10.1. The summed E-state index contributed by atoms with van der Waals surface area (Å²) in [7, 11) is 0. The highest BCUT2D eigenvalue weighted by Crippen LogP contribution is 2.26. The second kappa shape index (κ2) is 5.47. The van der Waals surface area contributed by atoms with Crippen LogP contribution in [-0.2, 0) is 6.42 Å². The average Bonchev–Trinajstić information content (AvgIpc) is 2.67. The van der Waals surface area contributed by atoms with Crippen molar-refractivity contribution in [2.45, 2.75) is 47.0 Å². The van der Waals surface area contributed by atoms with Crippen LogP contribution < -0.4 is 0 Å². The number of nitrogens with zero attached hydrogens (tertiary/aromatic N) is 2. The van der Waals surface area contributed by atoms with Gasteiger partial charge < -0.3 is 5.11 Å². The number of aryl methyl sites for hydroxylation is 3. The lowest BCUT2D eigenvalue weighted by Crippen LogP contribution is -1.98. The molecule has 0 aliphatic rings. The van der Waals surface area contributed by atoms with E-state index < -0.39 is 0 Å². The predicted molar refractivity (Wildman–Crippen MR) is 78.1 cm³/mol. The summed E-state index contributed by atoms with van der Waals surface area (Å²) in [6, 6.07) is 6.12. The molecule has 0 radical (unpaired) electrons. The molecule has 1 heterocycles. The molecule has 0 saturated carbocycles. The van der Waals surface area contributed by atoms with Gasteiger partial charge in [0.05, 0.1) is 11.4 Å². The zero-order valence-electron chi connectivity index (χ0n) is 12.2. The molecule has 102 valence electrons. The van der Waals surface area contributed by atoms with Crippen molar-refractivity contribution in [2.24, 2.45) is 0 Å². The molecule has 0 fully saturated rings. The summed E-state index contributed by atoms with van der Waals surface area (Å²) < 4.78 is 1.65. The molecule has 19 heavy (non-hydrogen) atoms. The third kappa shape index (κ3) is 2.65. The van der Waals surface area contributed by atoms with Crippen LogP contribution in [0.5, 0.6) is 5.88 Å². The number of hydrogen-bond acceptors (Lipinski definition) is 2. The second-order valence-corrected chi connectivity index (χ2v) is 5.18. The van der Waals surface area contributed by atoms with E-state index in [-0.39, 0.29) is 5.88 Å². The molecule has 0 amide bonds. The molecule has 0 bridgehead atoms. The minimum atomic E-state index is 0.259. The largest absolute Gasteiger partial charge is 0.493 e. The van der Waals surface area contributed by atoms with Gasteiger partial charge >= 0.3 is 0 Å². The van der Waals surface area contributed by atoms with Gasteiger partial charge in [0, 0.05) is 5.56 Å². The van der Waals surface area contributed by atoms with Crippen LogP contribution in [0.3, 0.4) is 0 Å². The van der Waals surface area contributed by atoms with E-state index in [0.29, 0.717) is 0 Å². The molecule has 1 aromatic carbocycles. The van der Waals surface area contributed by atoms with Crippen LogP contribution in [-0.4, -0.2) is 14.9 Å². The summed E-state index contributed by atoms with van der Waals surface area (Å²) in [4.78, 5) is 0. The fraction of sp³-hybridized carbons (Fsp3) is 0.438. The van der Waals surface area contributed by atoms with Gasteiger partial charge in [-0.05, 0) is 56.9 Å². The van der Waals surface area contributed by atoms with Gasteiger partial charge in [-0.2, -0.15) is 5.10 Å². The van der Waals surface area contributed by atoms with Gasteiger partial charge in [0.2, 0.25) is 5.88 Å². The average molecular weight is 258 g/mol. The molecule has 0 spiro atoms. The van der Waals surface area contributed by atoms with E-state index in [1.54, 1.807) is 4.68 Å². The van der Waals surface area contributed by atoms with Gasteiger partial charge in [-0.25, -0.2) is 4.68 Å². The molecule has 2 rings (SSSR count). The Bertz CT molecular complexity index is 585. The Morgan fingerprint density at radius 2 is 1.89 bits per heavy atom. The van der Waals surface area contributed by atoms with Gasteiger partial charge in [-0.15, -0.1) is 0 Å². The number of benzene rings is 1. The molecule has 3 nitrogen and oxygen atoms in total. The van der Waals surface area contributed by atoms with Gasteiger partial charge in [-0.3, -0.25) is 0 Å². The zero-order valence-corrected chi connectivity index (χ0v) is 12.2. The number of rotatable bonds is 4. The molecule has 0 unspecified atom stereocenters. The number of aromatic hydroxyl groups is 1. The van der Waals surface area contributed by atoms with Crippen LogP contribution in [0.2, 0.25) is 0 Å². The summed E-state index contributed by atoms with van der Waals surface area (Å²) in [6.07, 6.45) is 3.16. The van der Waals surface area contributed by atoms with Crippen molar-refractivity contribution in [3.05, 3.63) is 40.6 Å². The van der Waals surface area contributed by atoms with Crippen LogP contribution >= 0.6 is 0 Å². The fourth-order valence-corrected chi connectivity index (χ4v) is 2.15. The first-order chi connectivity index (χ1) is 9.04. The maximum atomic E-state index is 10.2. The Balaban J connectivity index is 2.41. The standard InChI is InChI=1S/C16H22N2O/c1-5-6-7-15-13(4)16(19)18(17-15)14-9-8-11(2)12(3)10-14/h8-10,19H,5-7H2,1-4H3. The Kier molecular flexibility index (Phi) is 3.93. The van der Waals surface area contributed by atoms with Crippen LogP contribution in [0.4, 0.5) is 0 Å². The van der Waals surface area contributed by atoms with Crippen LogP contribution in [0.25, 0.3) is 5.69 Å². The van der Waals surface area contributed by atoms with Crippen LogP contribution in [0, 0.1) is 20.8 Å². The predicted octanol–water partition coefficient (Wildman–Crippen LogP) is 3.85. The Morgan fingerprint density at radius 3 is 2.53 bits per heavy atom. The normalized spacial score (nSPS) is 10.9. The Labute approximate surface area is 114 Å². The van der Waals surface area contributed by atoms with Gasteiger partial charge in [0.25, 0.3) is 0 Å². The van der Waals surface area contributed by atoms with Crippen molar-refractivity contribution < 1.29 is 5.11 Å². The summed E-state index contributed by atoms with van der Waals surface area (Å²) in [5, 5.41) is 14.8. The smallest absolute Gasteiger partial charge is 0.217 e. The number of aromatic nitrogens is 2. The third-order valence-electron chi connectivity index (χ3n) is 3.69. The van der Waals surface area contributed by atoms with Crippen molar-refractivity contribution in [1.82, 2.24) is 9.78 Å². The Hall–Kier alpha value is -1.77. The molecular formula is C16H22N2O. The molecule has 0 saturated heterocycles. The van der Waals surface area contributed by atoms with Gasteiger partial charge in [0.15, 0.2) is 0 Å². The molecule has 2 aromatic rings. The summed E-state index contributed by atoms with van der Waals surface area (Å²) in [5.74, 6) is 0.259. The van der Waals surface area contributed by atoms with E-state index >= 15 is 0 Å². The quantitative estimate of drug-likeness (QED) is 0.904. The molecule has 1 aromatic heterocycles. The Morgan fingerprint density at radius 1 is 1.16 bits per heavy atom. The van der Waals surface area contributed by atoms with E-state index in [9.17, 15) is 5.11 Å². The minimum Gasteiger partial charge on any atom is -0.493 e. The van der Waals surface area contributed by atoms with E-state index in [4.69, 9.17) is 0 Å². The third-order valence-corrected chi connectivity index (χ3v) is 3.69. The fourth-order valence-electron chi connectivity index (χ4n) is 2.15. The van der Waals surface area contributed by atoms with Crippen LogP contribution in [0.15, 0.2) is 18.2 Å². The van der Waals surface area contributed by atoms with Crippen molar-refractivity contribution >= 4 is 0 Å². The zero-order chi connectivity index (χ0) is 14.0. The maximum Gasteiger partial charge on any atom is 0.217 e. The molecule has 3 heteroatoms. The van der Waals surface area contributed by atoms with Crippen molar-refractivity contribution in [1.29, 1.82) is 0 Å². The minimum absolute atomic E-state index is 0.259. The molecule has 0 atom stereocenters.